The van der Waals surface area contributed by atoms with Crippen molar-refractivity contribution in [3.8, 4) is 11.6 Å². The molecular formula is C11H9IN2O2. The van der Waals surface area contributed by atoms with Crippen molar-refractivity contribution in [3.63, 3.8) is 0 Å². The Bertz CT molecular complexity index is 491. The second kappa shape index (κ2) is 5.22. The Labute approximate surface area is 106 Å². The van der Waals surface area contributed by atoms with Crippen molar-refractivity contribution in [2.75, 3.05) is 0 Å². The summed E-state index contributed by atoms with van der Waals surface area (Å²) >= 11 is 2.10. The summed E-state index contributed by atoms with van der Waals surface area (Å²) in [6.07, 6.45) is 3.10. The fraction of sp³-hybridized carbons (Fsp3) is 0.0909. The van der Waals surface area contributed by atoms with Gasteiger partial charge in [-0.25, -0.2) is 9.97 Å². The van der Waals surface area contributed by atoms with Gasteiger partial charge < -0.3 is 9.84 Å². The molecule has 2 rings (SSSR count). The van der Waals surface area contributed by atoms with E-state index in [1.165, 1.54) is 6.33 Å². The topological polar surface area (TPSA) is 55.2 Å². The zero-order valence-electron chi connectivity index (χ0n) is 8.30. The molecule has 0 aliphatic rings. The van der Waals surface area contributed by atoms with Crippen molar-refractivity contribution in [1.82, 2.24) is 9.97 Å². The third-order valence-electron chi connectivity index (χ3n) is 1.98. The molecule has 1 aromatic heterocycles. The van der Waals surface area contributed by atoms with Crippen LogP contribution in [0.1, 0.15) is 5.56 Å². The number of ether oxygens (including phenoxy) is 1. The van der Waals surface area contributed by atoms with Gasteiger partial charge in [-0.15, -0.1) is 0 Å². The molecule has 0 spiro atoms. The molecule has 0 unspecified atom stereocenters. The van der Waals surface area contributed by atoms with Crippen LogP contribution in [0.25, 0.3) is 0 Å². The normalized spacial score (nSPS) is 10.1. The number of aliphatic hydroxyl groups is 1. The van der Waals surface area contributed by atoms with Crippen LogP contribution in [-0.2, 0) is 6.61 Å². The number of hydrogen-bond acceptors (Lipinski definition) is 4. The summed E-state index contributed by atoms with van der Waals surface area (Å²) in [4.78, 5) is 7.91. The Morgan fingerprint density at radius 2 is 2.12 bits per heavy atom. The van der Waals surface area contributed by atoms with Crippen LogP contribution in [0.5, 0.6) is 11.6 Å². The monoisotopic (exact) mass is 328 g/mol. The lowest BCUT2D eigenvalue weighted by Gasteiger charge is -2.08. The highest BCUT2D eigenvalue weighted by atomic mass is 127. The number of rotatable bonds is 3. The molecule has 0 amide bonds. The molecule has 2 aromatic rings. The minimum Gasteiger partial charge on any atom is -0.437 e. The predicted octanol–water partition coefficient (Wildman–Crippen LogP) is 2.37. The van der Waals surface area contributed by atoms with E-state index in [1.807, 2.05) is 18.2 Å². The third-order valence-corrected chi connectivity index (χ3v) is 2.72. The predicted molar refractivity (Wildman–Crippen MR) is 67.2 cm³/mol. The van der Waals surface area contributed by atoms with Crippen LogP contribution in [0.15, 0.2) is 36.8 Å². The van der Waals surface area contributed by atoms with Crippen LogP contribution in [0.4, 0.5) is 0 Å². The van der Waals surface area contributed by atoms with Gasteiger partial charge in [0.05, 0.1) is 10.2 Å². The molecule has 0 radical (unpaired) electrons. The van der Waals surface area contributed by atoms with Gasteiger partial charge in [0.25, 0.3) is 0 Å². The number of para-hydroxylation sites is 1. The highest BCUT2D eigenvalue weighted by Gasteiger charge is 2.06. The van der Waals surface area contributed by atoms with Gasteiger partial charge in [-0.3, -0.25) is 0 Å². The average molecular weight is 328 g/mol. The van der Waals surface area contributed by atoms with E-state index < -0.39 is 0 Å². The fourth-order valence-corrected chi connectivity index (χ4v) is 1.62. The van der Waals surface area contributed by atoms with Crippen LogP contribution in [0.2, 0.25) is 0 Å². The summed E-state index contributed by atoms with van der Waals surface area (Å²) in [6, 6.07) is 7.30. The number of halogens is 1. The smallest absolute Gasteiger partial charge is 0.235 e. The van der Waals surface area contributed by atoms with E-state index in [0.717, 1.165) is 9.13 Å². The van der Waals surface area contributed by atoms with Crippen molar-refractivity contribution in [2.45, 2.75) is 6.61 Å². The first-order valence-corrected chi connectivity index (χ1v) is 5.71. The maximum Gasteiger partial charge on any atom is 0.235 e. The van der Waals surface area contributed by atoms with Gasteiger partial charge in [-0.1, -0.05) is 18.2 Å². The molecule has 1 aromatic carbocycles. The largest absolute Gasteiger partial charge is 0.437 e. The molecule has 0 aliphatic heterocycles. The Balaban J connectivity index is 2.30. The summed E-state index contributed by atoms with van der Waals surface area (Å²) in [5, 5.41) is 9.15. The quantitative estimate of drug-likeness (QED) is 0.879. The van der Waals surface area contributed by atoms with E-state index in [9.17, 15) is 0 Å². The Morgan fingerprint density at radius 1 is 1.31 bits per heavy atom. The van der Waals surface area contributed by atoms with Crippen molar-refractivity contribution >= 4 is 22.6 Å². The van der Waals surface area contributed by atoms with Crippen molar-refractivity contribution in [1.29, 1.82) is 0 Å². The molecule has 1 N–H and O–H groups in total. The van der Waals surface area contributed by atoms with Crippen LogP contribution >= 0.6 is 22.6 Å². The molecular weight excluding hydrogens is 319 g/mol. The molecule has 0 saturated heterocycles. The maximum atomic E-state index is 9.15. The lowest BCUT2D eigenvalue weighted by Crippen LogP contribution is -1.95. The van der Waals surface area contributed by atoms with E-state index in [0.29, 0.717) is 11.6 Å². The van der Waals surface area contributed by atoms with Crippen molar-refractivity contribution in [3.05, 3.63) is 45.9 Å². The lowest BCUT2D eigenvalue weighted by molar-refractivity contribution is 0.276. The molecule has 0 aliphatic carbocycles. The number of nitrogens with zero attached hydrogens (tertiary/aromatic N) is 2. The van der Waals surface area contributed by atoms with Crippen LogP contribution in [0, 0.1) is 3.57 Å². The fourth-order valence-electron chi connectivity index (χ4n) is 1.21. The van der Waals surface area contributed by atoms with E-state index in [4.69, 9.17) is 9.84 Å². The Kier molecular flexibility index (Phi) is 3.68. The molecule has 0 bridgehead atoms. The van der Waals surface area contributed by atoms with E-state index in [-0.39, 0.29) is 6.61 Å². The molecule has 5 heteroatoms. The van der Waals surface area contributed by atoms with Gasteiger partial charge in [0.15, 0.2) is 0 Å². The standard InChI is InChI=1S/C11H9IN2O2/c12-9-5-13-7-14-11(9)16-10-4-2-1-3-8(10)6-15/h1-5,7,15H,6H2. The van der Waals surface area contributed by atoms with Crippen LogP contribution in [0.3, 0.4) is 0 Å². The molecule has 0 fully saturated rings. The van der Waals surface area contributed by atoms with Gasteiger partial charge in [0.1, 0.15) is 12.1 Å². The van der Waals surface area contributed by atoms with Gasteiger partial charge in [-0.05, 0) is 28.7 Å². The number of benzene rings is 1. The molecule has 4 nitrogen and oxygen atoms in total. The zero-order chi connectivity index (χ0) is 11.4. The molecule has 16 heavy (non-hydrogen) atoms. The SMILES string of the molecule is OCc1ccccc1Oc1ncncc1I. The summed E-state index contributed by atoms with van der Waals surface area (Å²) in [5.41, 5.74) is 0.733. The summed E-state index contributed by atoms with van der Waals surface area (Å²) < 4.78 is 6.44. The highest BCUT2D eigenvalue weighted by molar-refractivity contribution is 14.1. The van der Waals surface area contributed by atoms with Gasteiger partial charge >= 0.3 is 0 Å². The second-order valence-electron chi connectivity index (χ2n) is 3.04. The first kappa shape index (κ1) is 11.3. The summed E-state index contributed by atoms with van der Waals surface area (Å²) in [7, 11) is 0. The molecule has 0 atom stereocenters. The second-order valence-corrected chi connectivity index (χ2v) is 4.21. The van der Waals surface area contributed by atoms with Crippen molar-refractivity contribution in [2.24, 2.45) is 0 Å². The Hall–Kier alpha value is -1.21. The first-order valence-electron chi connectivity index (χ1n) is 4.63. The lowest BCUT2D eigenvalue weighted by atomic mass is 10.2. The third kappa shape index (κ3) is 2.48. The van der Waals surface area contributed by atoms with E-state index >= 15 is 0 Å². The maximum absolute atomic E-state index is 9.15. The van der Waals surface area contributed by atoms with E-state index in [2.05, 4.69) is 32.6 Å². The van der Waals surface area contributed by atoms with Crippen LogP contribution in [-0.4, -0.2) is 15.1 Å². The van der Waals surface area contributed by atoms with Crippen LogP contribution < -0.4 is 4.74 Å². The van der Waals surface area contributed by atoms with Gasteiger partial charge in [-0.2, -0.15) is 0 Å². The van der Waals surface area contributed by atoms with Gasteiger partial charge in [0.2, 0.25) is 5.88 Å². The molecule has 0 saturated carbocycles. The minimum atomic E-state index is -0.0577. The highest BCUT2D eigenvalue weighted by Crippen LogP contribution is 2.26. The molecule has 82 valence electrons. The number of aromatic nitrogens is 2. The first-order chi connectivity index (χ1) is 7.81. The summed E-state index contributed by atoms with van der Waals surface area (Å²) in [6.45, 7) is -0.0577. The van der Waals surface area contributed by atoms with Gasteiger partial charge in [0, 0.05) is 11.8 Å². The molecule has 1 heterocycles. The number of aliphatic hydroxyl groups excluding tert-OH is 1. The van der Waals surface area contributed by atoms with Crippen molar-refractivity contribution < 1.29 is 9.84 Å². The zero-order valence-corrected chi connectivity index (χ0v) is 10.5. The van der Waals surface area contributed by atoms with E-state index in [1.54, 1.807) is 12.3 Å². The number of hydrogen-bond donors (Lipinski definition) is 1. The average Bonchev–Trinajstić information content (AvgIpc) is 2.33. The summed E-state index contributed by atoms with van der Waals surface area (Å²) in [5.74, 6) is 1.11. The minimum absolute atomic E-state index is 0.0577. The Morgan fingerprint density at radius 3 is 2.88 bits per heavy atom.